The zero-order valence-corrected chi connectivity index (χ0v) is 13.9. The Labute approximate surface area is 151 Å². The van der Waals surface area contributed by atoms with Crippen LogP contribution in [-0.2, 0) is 6.54 Å². The highest BCUT2D eigenvalue weighted by atomic mass is 15.2. The molecule has 3 aromatic heterocycles. The maximum absolute atomic E-state index is 4.67. The van der Waals surface area contributed by atoms with Gasteiger partial charge in [-0.15, -0.1) is 10.2 Å². The molecule has 6 nitrogen and oxygen atoms in total. The number of pyridine rings is 2. The molecule has 0 atom stereocenters. The summed E-state index contributed by atoms with van der Waals surface area (Å²) in [5.41, 5.74) is 3.40. The van der Waals surface area contributed by atoms with Gasteiger partial charge in [0.25, 0.3) is 0 Å². The molecule has 1 N–H and O–H groups in total. The number of hydrogen-bond donors (Lipinski definition) is 1. The Morgan fingerprint density at radius 3 is 2.46 bits per heavy atom. The molecule has 0 spiro atoms. The van der Waals surface area contributed by atoms with Crippen molar-refractivity contribution in [2.45, 2.75) is 6.54 Å². The Morgan fingerprint density at radius 1 is 0.808 bits per heavy atom. The van der Waals surface area contributed by atoms with Gasteiger partial charge in [0.15, 0.2) is 5.82 Å². The summed E-state index contributed by atoms with van der Waals surface area (Å²) < 4.78 is 0. The van der Waals surface area contributed by atoms with Gasteiger partial charge in [-0.05, 0) is 23.8 Å². The summed E-state index contributed by atoms with van der Waals surface area (Å²) in [6.45, 7) is 0.591. The van der Waals surface area contributed by atoms with Crippen LogP contribution in [0.1, 0.15) is 5.56 Å². The molecule has 0 amide bonds. The van der Waals surface area contributed by atoms with Crippen LogP contribution in [0.5, 0.6) is 0 Å². The summed E-state index contributed by atoms with van der Waals surface area (Å²) in [4.78, 5) is 13.1. The van der Waals surface area contributed by atoms with E-state index in [2.05, 4.69) is 30.5 Å². The molecule has 4 aromatic rings. The minimum atomic E-state index is 0.485. The average Bonchev–Trinajstić information content (AvgIpc) is 2.74. The molecule has 0 unspecified atom stereocenters. The first-order valence-electron chi connectivity index (χ1n) is 8.24. The predicted molar refractivity (Wildman–Crippen MR) is 100 cm³/mol. The molecule has 0 radical (unpaired) electrons. The van der Waals surface area contributed by atoms with Crippen molar-refractivity contribution in [1.29, 1.82) is 0 Å². The summed E-state index contributed by atoms with van der Waals surface area (Å²) in [6, 6.07) is 19.4. The summed E-state index contributed by atoms with van der Waals surface area (Å²) in [5.74, 6) is 1.15. The highest BCUT2D eigenvalue weighted by molar-refractivity contribution is 5.72. The van der Waals surface area contributed by atoms with Gasteiger partial charge in [-0.25, -0.2) is 4.98 Å². The number of aromatic nitrogens is 5. The highest BCUT2D eigenvalue weighted by Crippen LogP contribution is 2.25. The molecule has 6 heteroatoms. The van der Waals surface area contributed by atoms with Crippen LogP contribution in [0.2, 0.25) is 0 Å². The van der Waals surface area contributed by atoms with E-state index in [-0.39, 0.29) is 0 Å². The minimum Gasteiger partial charge on any atom is -0.364 e. The lowest BCUT2D eigenvalue weighted by Gasteiger charge is -2.11. The van der Waals surface area contributed by atoms with Gasteiger partial charge in [0, 0.05) is 30.7 Å². The smallest absolute Gasteiger partial charge is 0.202 e. The molecule has 1 aromatic carbocycles. The second-order valence-corrected chi connectivity index (χ2v) is 5.63. The molecular weight excluding hydrogens is 324 g/mol. The Bertz CT molecular complexity index is 975. The number of rotatable bonds is 5. The van der Waals surface area contributed by atoms with Crippen LogP contribution in [0.3, 0.4) is 0 Å². The van der Waals surface area contributed by atoms with Gasteiger partial charge in [-0.2, -0.15) is 0 Å². The van der Waals surface area contributed by atoms with Gasteiger partial charge in [-0.1, -0.05) is 42.5 Å². The number of nitrogens with zero attached hydrogens (tertiary/aromatic N) is 5. The summed E-state index contributed by atoms with van der Waals surface area (Å²) in [6.07, 6.45) is 5.29. The van der Waals surface area contributed by atoms with Crippen molar-refractivity contribution < 1.29 is 0 Å². The fourth-order valence-corrected chi connectivity index (χ4v) is 2.53. The molecule has 3 heterocycles. The van der Waals surface area contributed by atoms with Crippen LogP contribution >= 0.6 is 0 Å². The zero-order chi connectivity index (χ0) is 17.6. The SMILES string of the molecule is c1ccc(-c2nnc(-c3ccccn3)nc2NCc2cccnc2)cc1. The Kier molecular flexibility index (Phi) is 4.56. The molecule has 4 rings (SSSR count). The third-order valence-electron chi connectivity index (χ3n) is 3.81. The largest absolute Gasteiger partial charge is 0.364 e. The molecule has 0 fully saturated rings. The lowest BCUT2D eigenvalue weighted by molar-refractivity contribution is 0.964. The van der Waals surface area contributed by atoms with E-state index in [1.807, 2.05) is 66.9 Å². The molecule has 0 bridgehead atoms. The second kappa shape index (κ2) is 7.48. The van der Waals surface area contributed by atoms with Gasteiger partial charge in [-0.3, -0.25) is 9.97 Å². The van der Waals surface area contributed by atoms with E-state index in [0.29, 0.717) is 29.6 Å². The quantitative estimate of drug-likeness (QED) is 0.598. The van der Waals surface area contributed by atoms with Gasteiger partial charge < -0.3 is 5.32 Å². The standard InChI is InChI=1S/C20H16N6/c1-2-8-16(9-3-1)18-20(23-14-15-7-6-11-21-13-15)24-19(26-25-18)17-10-4-5-12-22-17/h1-13H,14H2,(H,23,24,26). The molecule has 0 aliphatic rings. The van der Waals surface area contributed by atoms with Crippen molar-refractivity contribution in [3.8, 4) is 22.8 Å². The van der Waals surface area contributed by atoms with Crippen LogP contribution in [0.15, 0.2) is 79.3 Å². The fourth-order valence-electron chi connectivity index (χ4n) is 2.53. The van der Waals surface area contributed by atoms with E-state index < -0.39 is 0 Å². The van der Waals surface area contributed by atoms with E-state index in [4.69, 9.17) is 0 Å². The maximum Gasteiger partial charge on any atom is 0.202 e. The number of benzene rings is 1. The summed E-state index contributed by atoms with van der Waals surface area (Å²) in [7, 11) is 0. The molecule has 126 valence electrons. The van der Waals surface area contributed by atoms with Gasteiger partial charge in [0.2, 0.25) is 5.82 Å². The zero-order valence-electron chi connectivity index (χ0n) is 13.9. The third kappa shape index (κ3) is 3.54. The van der Waals surface area contributed by atoms with Crippen molar-refractivity contribution >= 4 is 5.82 Å². The van der Waals surface area contributed by atoms with Crippen molar-refractivity contribution in [2.24, 2.45) is 0 Å². The van der Waals surface area contributed by atoms with E-state index in [1.54, 1.807) is 12.4 Å². The van der Waals surface area contributed by atoms with Crippen LogP contribution < -0.4 is 5.32 Å². The summed E-state index contributed by atoms with van der Waals surface area (Å²) >= 11 is 0. The fraction of sp³-hybridized carbons (Fsp3) is 0.0500. The van der Waals surface area contributed by atoms with Crippen molar-refractivity contribution in [3.05, 3.63) is 84.8 Å². The molecule has 0 aliphatic heterocycles. The molecular formula is C20H16N6. The highest BCUT2D eigenvalue weighted by Gasteiger charge is 2.13. The number of nitrogens with one attached hydrogen (secondary N) is 1. The molecule has 26 heavy (non-hydrogen) atoms. The molecule has 0 saturated carbocycles. The van der Waals surface area contributed by atoms with E-state index in [0.717, 1.165) is 11.1 Å². The van der Waals surface area contributed by atoms with Crippen molar-refractivity contribution in [2.75, 3.05) is 5.32 Å². The Morgan fingerprint density at radius 2 is 1.69 bits per heavy atom. The first kappa shape index (κ1) is 15.8. The monoisotopic (exact) mass is 340 g/mol. The minimum absolute atomic E-state index is 0.485. The van der Waals surface area contributed by atoms with Crippen LogP contribution in [0.25, 0.3) is 22.8 Å². The molecule has 0 saturated heterocycles. The van der Waals surface area contributed by atoms with Gasteiger partial charge in [0.05, 0.1) is 0 Å². The predicted octanol–water partition coefficient (Wildman–Crippen LogP) is 3.61. The van der Waals surface area contributed by atoms with E-state index in [9.17, 15) is 0 Å². The third-order valence-corrected chi connectivity index (χ3v) is 3.81. The number of anilines is 1. The van der Waals surface area contributed by atoms with Crippen molar-refractivity contribution in [3.63, 3.8) is 0 Å². The summed E-state index contributed by atoms with van der Waals surface area (Å²) in [5, 5.41) is 12.0. The second-order valence-electron chi connectivity index (χ2n) is 5.63. The lowest BCUT2D eigenvalue weighted by Crippen LogP contribution is -2.07. The Hall–Kier alpha value is -3.67. The average molecular weight is 340 g/mol. The van der Waals surface area contributed by atoms with E-state index in [1.165, 1.54) is 0 Å². The number of hydrogen-bond acceptors (Lipinski definition) is 6. The van der Waals surface area contributed by atoms with Crippen molar-refractivity contribution in [1.82, 2.24) is 25.1 Å². The van der Waals surface area contributed by atoms with Gasteiger partial charge in [0.1, 0.15) is 11.4 Å². The molecule has 0 aliphatic carbocycles. The van der Waals surface area contributed by atoms with Crippen LogP contribution in [0.4, 0.5) is 5.82 Å². The topological polar surface area (TPSA) is 76.5 Å². The maximum atomic E-state index is 4.67. The van der Waals surface area contributed by atoms with Gasteiger partial charge >= 0.3 is 0 Å². The van der Waals surface area contributed by atoms with E-state index >= 15 is 0 Å². The normalized spacial score (nSPS) is 10.5. The first-order valence-corrected chi connectivity index (χ1v) is 8.24. The Balaban J connectivity index is 1.71. The lowest BCUT2D eigenvalue weighted by atomic mass is 10.1. The van der Waals surface area contributed by atoms with Crippen LogP contribution in [-0.4, -0.2) is 25.1 Å². The first-order chi connectivity index (χ1) is 12.9. The van der Waals surface area contributed by atoms with Crippen LogP contribution in [0, 0.1) is 0 Å².